The van der Waals surface area contributed by atoms with E-state index in [1.54, 1.807) is 26.0 Å². The molecule has 0 aliphatic rings. The first kappa shape index (κ1) is 16.3. The highest BCUT2D eigenvalue weighted by molar-refractivity contribution is 7.86. The molecular weight excluding hydrogens is 360 g/mol. The van der Waals surface area contributed by atoms with Crippen molar-refractivity contribution in [2.45, 2.75) is 18.7 Å². The van der Waals surface area contributed by atoms with E-state index in [2.05, 4.69) is 30.9 Å². The van der Waals surface area contributed by atoms with Gasteiger partial charge in [0, 0.05) is 11.1 Å². The second kappa shape index (κ2) is 6.28. The normalized spacial score (nSPS) is 12.5. The summed E-state index contributed by atoms with van der Waals surface area (Å²) in [5.74, 6) is 0.845. The van der Waals surface area contributed by atoms with Crippen molar-refractivity contribution < 1.29 is 19.5 Å². The summed E-state index contributed by atoms with van der Waals surface area (Å²) in [4.78, 5) is 11.7. The molecule has 0 bridgehead atoms. The zero-order valence-corrected chi connectivity index (χ0v) is 14.5. The van der Waals surface area contributed by atoms with Gasteiger partial charge in [-0.05, 0) is 43.5 Å². The highest BCUT2D eigenvalue weighted by Gasteiger charge is 2.21. The average Bonchev–Trinajstić information content (AvgIpc) is 2.55. The van der Waals surface area contributed by atoms with Crippen molar-refractivity contribution in [1.29, 1.82) is 5.52 Å². The van der Waals surface area contributed by atoms with E-state index >= 15 is 0 Å². The van der Waals surface area contributed by atoms with Gasteiger partial charge in [0.1, 0.15) is 22.2 Å². The standard InChI is InChI=1S/C15H14N6O4S/c1-7-17-8(2)19-15(18-7)20-10-3-4-11-9(5-10)6-12(26(23,24)25)13(21-16)14(11)22/h3-6,16,22H,1-2H3,(H,23,24,25)(H,17,18,19,20)/b21-16-/i/hD. The van der Waals surface area contributed by atoms with Crippen LogP contribution in [0.4, 0.5) is 17.3 Å². The smallest absolute Gasteiger partial charge is 0.296 e. The van der Waals surface area contributed by atoms with E-state index in [1.165, 1.54) is 6.07 Å². The van der Waals surface area contributed by atoms with Crippen LogP contribution in [0.1, 0.15) is 11.6 Å². The number of hydrogen-bond acceptors (Lipinski definition) is 9. The number of aromatic hydroxyl groups is 1. The Balaban J connectivity index is 2.16. The fourth-order valence-electron chi connectivity index (χ4n) is 2.52. The Morgan fingerprint density at radius 2 is 1.88 bits per heavy atom. The van der Waals surface area contributed by atoms with Gasteiger partial charge in [-0.15, -0.1) is 0 Å². The van der Waals surface area contributed by atoms with E-state index in [9.17, 15) is 18.1 Å². The first-order valence-corrected chi connectivity index (χ1v) is 8.71. The lowest BCUT2D eigenvalue weighted by Gasteiger charge is -2.11. The monoisotopic (exact) mass is 375 g/mol. The Morgan fingerprint density at radius 3 is 2.50 bits per heavy atom. The Kier molecular flexibility index (Phi) is 3.93. The van der Waals surface area contributed by atoms with Crippen molar-refractivity contribution in [3.8, 4) is 5.75 Å². The van der Waals surface area contributed by atoms with Crippen LogP contribution in [0, 0.1) is 19.4 Å². The number of benzene rings is 2. The number of fused-ring (bicyclic) bond motifs is 1. The highest BCUT2D eigenvalue weighted by atomic mass is 32.2. The Morgan fingerprint density at radius 1 is 1.19 bits per heavy atom. The summed E-state index contributed by atoms with van der Waals surface area (Å²) in [6, 6.07) is 5.80. The Bertz CT molecular complexity index is 1160. The molecule has 0 amide bonds. The molecular formula is C15H14N6O4S. The van der Waals surface area contributed by atoms with Crippen LogP contribution in [0.5, 0.6) is 5.75 Å². The molecule has 0 fully saturated rings. The van der Waals surface area contributed by atoms with Crippen LogP contribution in [0.25, 0.3) is 10.8 Å². The van der Waals surface area contributed by atoms with Gasteiger partial charge < -0.3 is 10.4 Å². The molecule has 134 valence electrons. The average molecular weight is 375 g/mol. The Hall–Kier alpha value is -3.18. The molecule has 26 heavy (non-hydrogen) atoms. The van der Waals surface area contributed by atoms with Gasteiger partial charge in [-0.1, -0.05) is 0 Å². The summed E-state index contributed by atoms with van der Waals surface area (Å²) in [6.07, 6.45) is 0. The molecule has 1 aromatic heterocycles. The van der Waals surface area contributed by atoms with Gasteiger partial charge in [0.2, 0.25) is 7.36 Å². The van der Waals surface area contributed by atoms with Crippen molar-refractivity contribution in [3.63, 3.8) is 0 Å². The van der Waals surface area contributed by atoms with Crippen molar-refractivity contribution in [1.82, 2.24) is 15.0 Å². The molecule has 0 aliphatic carbocycles. The summed E-state index contributed by atoms with van der Waals surface area (Å²) in [7, 11) is -4.70. The first-order chi connectivity index (χ1) is 12.7. The molecule has 0 aliphatic heterocycles. The molecule has 0 spiro atoms. The van der Waals surface area contributed by atoms with Gasteiger partial charge in [-0.2, -0.15) is 23.5 Å². The van der Waals surface area contributed by atoms with Crippen molar-refractivity contribution in [2.24, 2.45) is 5.11 Å². The Labute approximate surface area is 149 Å². The molecule has 0 radical (unpaired) electrons. The number of nitrogens with zero attached hydrogens (tertiary/aromatic N) is 4. The van der Waals surface area contributed by atoms with Crippen molar-refractivity contribution >= 4 is 38.2 Å². The molecule has 11 heteroatoms. The third kappa shape index (κ3) is 3.30. The zero-order chi connectivity index (χ0) is 19.8. The predicted molar refractivity (Wildman–Crippen MR) is 92.8 cm³/mol. The van der Waals surface area contributed by atoms with E-state index in [0.29, 0.717) is 28.7 Å². The van der Waals surface area contributed by atoms with E-state index < -0.39 is 26.5 Å². The molecule has 3 rings (SSSR count). The molecule has 0 atom stereocenters. The van der Waals surface area contributed by atoms with Gasteiger partial charge in [0.05, 0.1) is 0 Å². The third-order valence-electron chi connectivity index (χ3n) is 3.54. The fraction of sp³-hybridized carbons (Fsp3) is 0.133. The zero-order valence-electron chi connectivity index (χ0n) is 14.7. The van der Waals surface area contributed by atoms with Crippen LogP contribution in [0.3, 0.4) is 0 Å². The van der Waals surface area contributed by atoms with Gasteiger partial charge >= 0.3 is 0 Å². The number of hydrogen-bond donors (Lipinski definition) is 4. The maximum absolute atomic E-state index is 11.6. The van der Waals surface area contributed by atoms with Gasteiger partial charge in [0.25, 0.3) is 10.1 Å². The van der Waals surface area contributed by atoms with Gasteiger partial charge in [0.15, 0.2) is 5.75 Å². The minimum Gasteiger partial charge on any atom is -0.505 e. The molecule has 10 nitrogen and oxygen atoms in total. The van der Waals surface area contributed by atoms with Gasteiger partial charge in [-0.25, -0.2) is 10.5 Å². The molecule has 2 aromatic carbocycles. The summed E-state index contributed by atoms with van der Waals surface area (Å²) in [5.41, 5.74) is 2.75. The number of aryl methyl sites for hydroxylation is 2. The number of rotatable bonds is 4. The molecule has 4 N–H and O–H groups in total. The quantitative estimate of drug-likeness (QED) is 0.399. The van der Waals surface area contributed by atoms with E-state index in [0.717, 1.165) is 6.07 Å². The maximum Gasteiger partial charge on any atom is 0.296 e. The molecule has 3 aromatic rings. The maximum atomic E-state index is 11.6. The van der Waals surface area contributed by atoms with Crippen LogP contribution >= 0.6 is 0 Å². The number of phenols is 1. The number of aromatic nitrogens is 3. The lowest BCUT2D eigenvalue weighted by molar-refractivity contribution is 0.471. The predicted octanol–water partition coefficient (Wildman–Crippen LogP) is 3.00. The first-order valence-electron chi connectivity index (χ1n) is 7.72. The van der Waals surface area contributed by atoms with Crippen molar-refractivity contribution in [2.75, 3.05) is 5.32 Å². The van der Waals surface area contributed by atoms with Crippen LogP contribution in [0.2, 0.25) is 1.41 Å². The summed E-state index contributed by atoms with van der Waals surface area (Å²) in [6.45, 7) is 3.44. The van der Waals surface area contributed by atoms with Gasteiger partial charge in [-0.3, -0.25) is 4.55 Å². The largest absolute Gasteiger partial charge is 0.505 e. The minimum absolute atomic E-state index is 0.262. The molecule has 0 unspecified atom stereocenters. The number of anilines is 2. The highest BCUT2D eigenvalue weighted by Crippen LogP contribution is 2.41. The van der Waals surface area contributed by atoms with Crippen LogP contribution in [0.15, 0.2) is 34.3 Å². The van der Waals surface area contributed by atoms with Crippen LogP contribution in [-0.4, -0.2) is 33.0 Å². The molecule has 1 heterocycles. The second-order valence-corrected chi connectivity index (χ2v) is 6.85. The summed E-state index contributed by atoms with van der Waals surface area (Å²) < 4.78 is 39.4. The minimum atomic E-state index is -4.70. The summed E-state index contributed by atoms with van der Waals surface area (Å²) >= 11 is 0. The topological polar surface area (TPSA) is 162 Å². The summed E-state index contributed by atoms with van der Waals surface area (Å²) in [5, 5.41) is 17.1. The van der Waals surface area contributed by atoms with E-state index in [-0.39, 0.29) is 5.39 Å². The van der Waals surface area contributed by atoms with Crippen LogP contribution in [-0.2, 0) is 10.1 Å². The third-order valence-corrected chi connectivity index (χ3v) is 4.41. The fourth-order valence-corrected chi connectivity index (χ4v) is 3.18. The number of phenolic OH excluding ortho intramolecular Hbond substituents is 1. The molecule has 0 saturated carbocycles. The van der Waals surface area contributed by atoms with E-state index in [4.69, 9.17) is 1.41 Å². The van der Waals surface area contributed by atoms with Crippen molar-refractivity contribution in [3.05, 3.63) is 35.9 Å². The van der Waals surface area contributed by atoms with E-state index in [1.807, 2.05) is 0 Å². The second-order valence-electron chi connectivity index (χ2n) is 5.46. The lowest BCUT2D eigenvalue weighted by Crippen LogP contribution is -2.03. The number of nitrogens with one attached hydrogen (secondary N) is 2. The SMILES string of the molecule is [2H]/N=N\c1c(S(=O)(=O)O)cc2cc(Nc3nc(C)nc(C)n3)ccc2c1O. The lowest BCUT2D eigenvalue weighted by atomic mass is 10.1. The van der Waals surface area contributed by atoms with Crippen LogP contribution < -0.4 is 5.32 Å². The molecule has 0 saturated heterocycles.